The van der Waals surface area contributed by atoms with Crippen LogP contribution in [0.5, 0.6) is 0 Å². The summed E-state index contributed by atoms with van der Waals surface area (Å²) in [6, 6.07) is 3.96. The summed E-state index contributed by atoms with van der Waals surface area (Å²) in [6.07, 6.45) is 3.67. The van der Waals surface area contributed by atoms with E-state index in [1.807, 2.05) is 25.3 Å². The molecule has 5 nitrogen and oxygen atoms in total. The molecule has 2 heterocycles. The molecule has 2 N–H and O–H groups in total. The number of hydrogen-bond donors (Lipinski definition) is 2. The standard InChI is InChI=1S/C11H16N4O/c1-9-4-5-10-13-11(14-15(10)8-9)12-6-2-3-7-16/h4-5,8,16H,2-3,6-7H2,1H3,(H,12,14). The molecule has 0 aliphatic carbocycles. The van der Waals surface area contributed by atoms with Gasteiger partial charge in [-0.15, -0.1) is 5.10 Å². The highest BCUT2D eigenvalue weighted by Crippen LogP contribution is 2.06. The molecule has 16 heavy (non-hydrogen) atoms. The molecule has 0 spiro atoms. The smallest absolute Gasteiger partial charge is 0.243 e. The molecule has 86 valence electrons. The molecule has 0 saturated carbocycles. The second-order valence-electron chi connectivity index (χ2n) is 3.80. The first-order valence-electron chi connectivity index (χ1n) is 5.47. The highest BCUT2D eigenvalue weighted by Gasteiger charge is 2.01. The molecule has 2 rings (SSSR count). The molecule has 0 fully saturated rings. The van der Waals surface area contributed by atoms with Crippen LogP contribution >= 0.6 is 0 Å². The second-order valence-corrected chi connectivity index (χ2v) is 3.80. The highest BCUT2D eigenvalue weighted by molar-refractivity contribution is 5.43. The summed E-state index contributed by atoms with van der Waals surface area (Å²) in [5.41, 5.74) is 2.00. The number of nitrogens with one attached hydrogen (secondary N) is 1. The van der Waals surface area contributed by atoms with Gasteiger partial charge in [-0.2, -0.15) is 4.98 Å². The van der Waals surface area contributed by atoms with E-state index in [2.05, 4.69) is 15.4 Å². The van der Waals surface area contributed by atoms with Crippen molar-refractivity contribution in [1.82, 2.24) is 14.6 Å². The molecule has 0 aliphatic rings. The Balaban J connectivity index is 2.02. The number of pyridine rings is 1. The fourth-order valence-electron chi connectivity index (χ4n) is 1.50. The van der Waals surface area contributed by atoms with Crippen molar-refractivity contribution in [1.29, 1.82) is 0 Å². The fourth-order valence-corrected chi connectivity index (χ4v) is 1.50. The van der Waals surface area contributed by atoms with Gasteiger partial charge in [0.25, 0.3) is 0 Å². The van der Waals surface area contributed by atoms with Crippen LogP contribution in [-0.2, 0) is 0 Å². The van der Waals surface area contributed by atoms with E-state index in [0.29, 0.717) is 5.95 Å². The van der Waals surface area contributed by atoms with Crippen molar-refractivity contribution in [2.24, 2.45) is 0 Å². The van der Waals surface area contributed by atoms with E-state index < -0.39 is 0 Å². The van der Waals surface area contributed by atoms with E-state index >= 15 is 0 Å². The lowest BCUT2D eigenvalue weighted by molar-refractivity contribution is 0.286. The van der Waals surface area contributed by atoms with Gasteiger partial charge in [0.05, 0.1) is 0 Å². The van der Waals surface area contributed by atoms with E-state index in [9.17, 15) is 0 Å². The molecular weight excluding hydrogens is 204 g/mol. The summed E-state index contributed by atoms with van der Waals surface area (Å²) >= 11 is 0. The Kier molecular flexibility index (Phi) is 3.36. The van der Waals surface area contributed by atoms with E-state index in [0.717, 1.165) is 30.6 Å². The van der Waals surface area contributed by atoms with Crippen molar-refractivity contribution in [3.63, 3.8) is 0 Å². The van der Waals surface area contributed by atoms with Crippen molar-refractivity contribution >= 4 is 11.6 Å². The van der Waals surface area contributed by atoms with Crippen LogP contribution in [0.2, 0.25) is 0 Å². The van der Waals surface area contributed by atoms with Gasteiger partial charge in [-0.05, 0) is 31.4 Å². The van der Waals surface area contributed by atoms with Gasteiger partial charge in [0, 0.05) is 19.3 Å². The molecule has 5 heteroatoms. The fraction of sp³-hybridized carbons (Fsp3) is 0.455. The molecule has 2 aromatic heterocycles. The molecule has 0 bridgehead atoms. The van der Waals surface area contributed by atoms with Crippen molar-refractivity contribution in [2.75, 3.05) is 18.5 Å². The number of aliphatic hydroxyl groups excluding tert-OH is 1. The summed E-state index contributed by atoms with van der Waals surface area (Å²) in [7, 11) is 0. The van der Waals surface area contributed by atoms with E-state index in [1.165, 1.54) is 0 Å². The number of fused-ring (bicyclic) bond motifs is 1. The van der Waals surface area contributed by atoms with Gasteiger partial charge in [-0.3, -0.25) is 0 Å². The van der Waals surface area contributed by atoms with Gasteiger partial charge in [0.15, 0.2) is 5.65 Å². The summed E-state index contributed by atoms with van der Waals surface area (Å²) < 4.78 is 1.77. The molecule has 0 amide bonds. The Labute approximate surface area is 94.1 Å². The predicted molar refractivity (Wildman–Crippen MR) is 62.5 cm³/mol. The summed E-state index contributed by atoms with van der Waals surface area (Å²) in [5.74, 6) is 0.642. The number of unbranched alkanes of at least 4 members (excludes halogenated alkanes) is 1. The van der Waals surface area contributed by atoms with Gasteiger partial charge in [-0.1, -0.05) is 6.07 Å². The van der Waals surface area contributed by atoms with Crippen molar-refractivity contribution < 1.29 is 5.11 Å². The number of aryl methyl sites for hydroxylation is 1. The van der Waals surface area contributed by atoms with Gasteiger partial charge >= 0.3 is 0 Å². The molecule has 2 aromatic rings. The molecule has 0 radical (unpaired) electrons. The van der Waals surface area contributed by atoms with Crippen molar-refractivity contribution in [2.45, 2.75) is 19.8 Å². The summed E-state index contributed by atoms with van der Waals surface area (Å²) in [5, 5.41) is 16.1. The average Bonchev–Trinajstić information content (AvgIpc) is 2.66. The normalized spacial score (nSPS) is 10.9. The molecule has 0 saturated heterocycles. The van der Waals surface area contributed by atoms with Crippen LogP contribution in [0.4, 0.5) is 5.95 Å². The maximum atomic E-state index is 8.65. The van der Waals surface area contributed by atoms with Crippen LogP contribution < -0.4 is 5.32 Å². The number of aromatic nitrogens is 3. The van der Waals surface area contributed by atoms with Crippen LogP contribution in [0.15, 0.2) is 18.3 Å². The maximum absolute atomic E-state index is 8.65. The van der Waals surface area contributed by atoms with E-state index in [1.54, 1.807) is 4.52 Å². The van der Waals surface area contributed by atoms with E-state index in [-0.39, 0.29) is 6.61 Å². The molecule has 0 atom stereocenters. The molecular formula is C11H16N4O. The van der Waals surface area contributed by atoms with Crippen LogP contribution in [0.1, 0.15) is 18.4 Å². The lowest BCUT2D eigenvalue weighted by atomic mass is 10.3. The molecule has 0 unspecified atom stereocenters. The van der Waals surface area contributed by atoms with Crippen LogP contribution in [0, 0.1) is 6.92 Å². The third-order valence-corrected chi connectivity index (χ3v) is 2.35. The van der Waals surface area contributed by atoms with Gasteiger partial charge < -0.3 is 10.4 Å². The summed E-state index contributed by atoms with van der Waals surface area (Å²) in [4.78, 5) is 4.33. The molecule has 0 aliphatic heterocycles. The monoisotopic (exact) mass is 220 g/mol. The Morgan fingerprint density at radius 1 is 1.38 bits per heavy atom. The largest absolute Gasteiger partial charge is 0.396 e. The van der Waals surface area contributed by atoms with Crippen molar-refractivity contribution in [3.05, 3.63) is 23.9 Å². The first-order valence-corrected chi connectivity index (χ1v) is 5.47. The quantitative estimate of drug-likeness (QED) is 0.744. The third-order valence-electron chi connectivity index (χ3n) is 2.35. The minimum Gasteiger partial charge on any atom is -0.396 e. The SMILES string of the molecule is Cc1ccc2nc(NCCCCO)nn2c1. The zero-order valence-electron chi connectivity index (χ0n) is 9.35. The lowest BCUT2D eigenvalue weighted by Gasteiger charge is -1.98. The first kappa shape index (κ1) is 10.9. The number of nitrogens with zero attached hydrogens (tertiary/aromatic N) is 3. The van der Waals surface area contributed by atoms with Gasteiger partial charge in [0.2, 0.25) is 5.95 Å². The Bertz CT molecular complexity index is 466. The topological polar surface area (TPSA) is 62.5 Å². The number of aliphatic hydroxyl groups is 1. The second kappa shape index (κ2) is 4.94. The van der Waals surface area contributed by atoms with Crippen molar-refractivity contribution in [3.8, 4) is 0 Å². The first-order chi connectivity index (χ1) is 7.79. The average molecular weight is 220 g/mol. The number of hydrogen-bond acceptors (Lipinski definition) is 4. The third kappa shape index (κ3) is 2.49. The highest BCUT2D eigenvalue weighted by atomic mass is 16.2. The zero-order valence-corrected chi connectivity index (χ0v) is 9.35. The van der Waals surface area contributed by atoms with Gasteiger partial charge in [0.1, 0.15) is 0 Å². The minimum atomic E-state index is 0.236. The molecule has 0 aromatic carbocycles. The van der Waals surface area contributed by atoms with Crippen LogP contribution in [0.25, 0.3) is 5.65 Å². The number of rotatable bonds is 5. The number of anilines is 1. The Morgan fingerprint density at radius 2 is 2.25 bits per heavy atom. The Morgan fingerprint density at radius 3 is 3.06 bits per heavy atom. The summed E-state index contributed by atoms with van der Waals surface area (Å²) in [6.45, 7) is 3.05. The predicted octanol–water partition coefficient (Wildman–Crippen LogP) is 1.22. The lowest BCUT2D eigenvalue weighted by Crippen LogP contribution is -2.03. The zero-order chi connectivity index (χ0) is 11.4. The van der Waals surface area contributed by atoms with Crippen LogP contribution in [-0.4, -0.2) is 32.9 Å². The van der Waals surface area contributed by atoms with Gasteiger partial charge in [-0.25, -0.2) is 4.52 Å². The Hall–Kier alpha value is -1.62. The van der Waals surface area contributed by atoms with E-state index in [4.69, 9.17) is 5.11 Å². The van der Waals surface area contributed by atoms with Crippen LogP contribution in [0.3, 0.4) is 0 Å². The maximum Gasteiger partial charge on any atom is 0.243 e. The minimum absolute atomic E-state index is 0.236.